The summed E-state index contributed by atoms with van der Waals surface area (Å²) in [6, 6.07) is 51.0. The molecule has 2 nitrogen and oxygen atoms in total. The van der Waals surface area contributed by atoms with Gasteiger partial charge in [-0.05, 0) is 127 Å². The number of allylic oxidation sites excluding steroid dienone is 4. The molecule has 260 valence electrons. The third-order valence-electron chi connectivity index (χ3n) is 10.4. The number of rotatable bonds is 8. The molecule has 8 rings (SSSR count). The van der Waals surface area contributed by atoms with Gasteiger partial charge >= 0.3 is 0 Å². The van der Waals surface area contributed by atoms with E-state index in [0.29, 0.717) is 0 Å². The number of aryl methyl sites for hydroxylation is 2. The highest BCUT2D eigenvalue weighted by molar-refractivity contribution is 5.91. The molecular weight excluding hydrogens is 643 g/mol. The second-order valence-corrected chi connectivity index (χ2v) is 13.5. The van der Waals surface area contributed by atoms with Gasteiger partial charge in [-0.2, -0.15) is 0 Å². The Morgan fingerprint density at radius 3 is 2.09 bits per heavy atom. The van der Waals surface area contributed by atoms with E-state index in [1.165, 1.54) is 39.0 Å². The first-order valence-electron chi connectivity index (χ1n) is 18.2. The van der Waals surface area contributed by atoms with Gasteiger partial charge in [-0.1, -0.05) is 121 Å². The van der Waals surface area contributed by atoms with Crippen molar-refractivity contribution in [3.63, 3.8) is 0 Å². The highest BCUT2D eigenvalue weighted by atomic mass is 16.3. The second kappa shape index (κ2) is 14.7. The highest BCUT2D eigenvalue weighted by Crippen LogP contribution is 2.57. The van der Waals surface area contributed by atoms with E-state index in [2.05, 4.69) is 191 Å². The van der Waals surface area contributed by atoms with Gasteiger partial charge in [0.2, 0.25) is 0 Å². The van der Waals surface area contributed by atoms with Crippen LogP contribution in [0.25, 0.3) is 39.3 Å². The number of hydrogen-bond donors (Lipinski definition) is 0. The molecule has 0 saturated carbocycles. The fourth-order valence-electron chi connectivity index (χ4n) is 8.13. The predicted molar refractivity (Wildman–Crippen MR) is 227 cm³/mol. The number of hydrogen-bond acceptors (Lipinski definition) is 2. The summed E-state index contributed by atoms with van der Waals surface area (Å²) < 4.78 is 6.16. The second-order valence-electron chi connectivity index (χ2n) is 13.5. The van der Waals surface area contributed by atoms with E-state index in [1.807, 2.05) is 25.2 Å². The van der Waals surface area contributed by atoms with E-state index in [1.54, 1.807) is 0 Å². The number of benzene rings is 6. The summed E-state index contributed by atoms with van der Waals surface area (Å²) in [5, 5.41) is 1.14. The molecule has 2 heteroatoms. The lowest BCUT2D eigenvalue weighted by atomic mass is 9.67. The zero-order valence-corrected chi connectivity index (χ0v) is 31.1. The summed E-state index contributed by atoms with van der Waals surface area (Å²) in [5.74, 6) is 0.910. The largest absolute Gasteiger partial charge is 0.456 e. The van der Waals surface area contributed by atoms with E-state index in [0.717, 1.165) is 50.5 Å². The molecule has 0 fully saturated rings. The zero-order chi connectivity index (χ0) is 37.1. The van der Waals surface area contributed by atoms with Crippen LogP contribution in [-0.4, -0.2) is 0 Å². The average molecular weight is 688 g/mol. The van der Waals surface area contributed by atoms with E-state index in [9.17, 15) is 0 Å². The van der Waals surface area contributed by atoms with Gasteiger partial charge in [-0.25, -0.2) is 0 Å². The summed E-state index contributed by atoms with van der Waals surface area (Å²) in [4.78, 5) is 2.40. The molecule has 1 heterocycles. The maximum Gasteiger partial charge on any atom is 0.135 e. The fourth-order valence-corrected chi connectivity index (χ4v) is 8.13. The Labute approximate surface area is 314 Å². The fraction of sp³-hybridized carbons (Fsp3) is 0.0980. The minimum atomic E-state index is -0.471. The highest BCUT2D eigenvalue weighted by Gasteiger charge is 2.46. The summed E-state index contributed by atoms with van der Waals surface area (Å²) in [5.41, 5.74) is 16.0. The van der Waals surface area contributed by atoms with Gasteiger partial charge in [-0.15, -0.1) is 13.2 Å². The third-order valence-corrected chi connectivity index (χ3v) is 10.4. The van der Waals surface area contributed by atoms with Gasteiger partial charge in [0.15, 0.2) is 0 Å². The average Bonchev–Trinajstić information content (AvgIpc) is 3.67. The minimum Gasteiger partial charge on any atom is -0.456 e. The smallest absolute Gasteiger partial charge is 0.135 e. The first-order chi connectivity index (χ1) is 25.9. The molecular formula is C51H45NO. The van der Waals surface area contributed by atoms with Crippen molar-refractivity contribution in [3.05, 3.63) is 217 Å². The zero-order valence-electron chi connectivity index (χ0n) is 31.1. The molecule has 1 aliphatic carbocycles. The Morgan fingerprint density at radius 2 is 1.34 bits per heavy atom. The van der Waals surface area contributed by atoms with Crippen LogP contribution in [0.15, 0.2) is 187 Å². The summed E-state index contributed by atoms with van der Waals surface area (Å²) >= 11 is 0. The Balaban J connectivity index is 0.00000214. The topological polar surface area (TPSA) is 16.4 Å². The maximum atomic E-state index is 6.16. The Morgan fingerprint density at radius 1 is 0.660 bits per heavy atom. The number of nitrogens with zero attached hydrogens (tertiary/aromatic N) is 1. The summed E-state index contributed by atoms with van der Waals surface area (Å²) in [7, 11) is 0. The van der Waals surface area contributed by atoms with Crippen LogP contribution >= 0.6 is 0 Å². The third kappa shape index (κ3) is 5.97. The van der Waals surface area contributed by atoms with E-state index in [4.69, 9.17) is 4.42 Å². The van der Waals surface area contributed by atoms with E-state index >= 15 is 0 Å². The van der Waals surface area contributed by atoms with E-state index < -0.39 is 5.41 Å². The number of fused-ring (bicyclic) bond motifs is 4. The molecule has 0 amide bonds. The number of anilines is 3. The molecule has 0 bridgehead atoms. The van der Waals surface area contributed by atoms with Crippen molar-refractivity contribution in [1.29, 1.82) is 0 Å². The van der Waals surface area contributed by atoms with Gasteiger partial charge in [0, 0.05) is 28.0 Å². The monoisotopic (exact) mass is 687 g/mol. The van der Waals surface area contributed by atoms with Crippen molar-refractivity contribution in [1.82, 2.24) is 0 Å². The van der Waals surface area contributed by atoms with Crippen LogP contribution in [0.5, 0.6) is 0 Å². The van der Waals surface area contributed by atoms with Crippen LogP contribution in [0.1, 0.15) is 47.4 Å². The molecule has 1 unspecified atom stereocenters. The predicted octanol–water partition coefficient (Wildman–Crippen LogP) is 14.5. The lowest BCUT2D eigenvalue weighted by Gasteiger charge is -2.35. The van der Waals surface area contributed by atoms with Crippen LogP contribution in [0, 0.1) is 13.8 Å². The Kier molecular flexibility index (Phi) is 9.72. The van der Waals surface area contributed by atoms with E-state index in [-0.39, 0.29) is 0 Å². The van der Waals surface area contributed by atoms with Crippen LogP contribution in [0.3, 0.4) is 0 Å². The molecule has 0 spiro atoms. The van der Waals surface area contributed by atoms with Crippen LogP contribution in [-0.2, 0) is 5.41 Å². The van der Waals surface area contributed by atoms with Gasteiger partial charge in [0.1, 0.15) is 11.3 Å². The van der Waals surface area contributed by atoms with Gasteiger partial charge < -0.3 is 9.32 Å². The molecule has 1 aromatic heterocycles. The van der Waals surface area contributed by atoms with Crippen molar-refractivity contribution < 1.29 is 4.42 Å². The SMILES string of the molecule is C=C.C=C/C=C(\C)C1(c2ccccc2)c2ccccc2-c2ccc(N(c3cccc(C)c3)c3cccc(-c4ccc5oc(/C=C\C)c(C)c5c4)c3)cc21. The molecule has 6 aromatic carbocycles. The molecule has 1 atom stereocenters. The van der Waals surface area contributed by atoms with Crippen molar-refractivity contribution in [2.24, 2.45) is 0 Å². The maximum absolute atomic E-state index is 6.16. The lowest BCUT2D eigenvalue weighted by molar-refractivity contribution is 0.601. The Hall–Kier alpha value is -6.38. The first-order valence-corrected chi connectivity index (χ1v) is 18.2. The van der Waals surface area contributed by atoms with Crippen molar-refractivity contribution >= 4 is 34.1 Å². The summed E-state index contributed by atoms with van der Waals surface area (Å²) in [6.45, 7) is 18.7. The molecule has 0 saturated heterocycles. The van der Waals surface area contributed by atoms with Crippen molar-refractivity contribution in [2.75, 3.05) is 4.90 Å². The quantitative estimate of drug-likeness (QED) is 0.117. The standard InChI is InChI=1S/C49H41NO.C2H4/c1-6-15-34(4)49(38-19-9-8-10-20-38)45-24-12-11-23-42(45)43-27-26-41(32-46(43)49)50(39-21-13-17-33(3)29-39)40-22-14-18-36(30-40)37-25-28-48-44(31-37)35(5)47(51-48)16-7-2;1-2/h6-32H,1H2,2-5H3;1-2H2/b16-7-,34-15+;. The van der Waals surface area contributed by atoms with Crippen molar-refractivity contribution in [3.8, 4) is 22.3 Å². The van der Waals surface area contributed by atoms with Crippen LogP contribution < -0.4 is 4.90 Å². The summed E-state index contributed by atoms with van der Waals surface area (Å²) in [6.07, 6.45) is 8.14. The molecule has 1 aliphatic rings. The van der Waals surface area contributed by atoms with Gasteiger partial charge in [-0.3, -0.25) is 0 Å². The Bertz CT molecular complexity index is 2510. The van der Waals surface area contributed by atoms with Gasteiger partial charge in [0.25, 0.3) is 0 Å². The molecule has 0 N–H and O–H groups in total. The van der Waals surface area contributed by atoms with Gasteiger partial charge in [0.05, 0.1) is 5.41 Å². The molecule has 53 heavy (non-hydrogen) atoms. The number of furan rings is 1. The first kappa shape index (κ1) is 35.0. The van der Waals surface area contributed by atoms with Crippen LogP contribution in [0.4, 0.5) is 17.1 Å². The van der Waals surface area contributed by atoms with Crippen molar-refractivity contribution in [2.45, 2.75) is 33.1 Å². The molecule has 7 aromatic rings. The molecule has 0 radical (unpaired) electrons. The normalized spacial score (nSPS) is 14.8. The minimum absolute atomic E-state index is 0.471. The van der Waals surface area contributed by atoms with Crippen LogP contribution in [0.2, 0.25) is 0 Å². The lowest BCUT2D eigenvalue weighted by Crippen LogP contribution is -2.28. The molecule has 0 aliphatic heterocycles.